The first-order valence-electron chi connectivity index (χ1n) is 4.81. The maximum absolute atomic E-state index is 5.52. The van der Waals surface area contributed by atoms with Crippen molar-refractivity contribution in [2.75, 3.05) is 25.5 Å². The van der Waals surface area contributed by atoms with E-state index in [2.05, 4.69) is 53.1 Å². The lowest BCUT2D eigenvalue weighted by Crippen LogP contribution is -2.12. The SMILES string of the molecule is CN(C)c1cccc(Br)c1CCCN. The van der Waals surface area contributed by atoms with Crippen LogP contribution in [0.1, 0.15) is 12.0 Å². The summed E-state index contributed by atoms with van der Waals surface area (Å²) >= 11 is 3.58. The largest absolute Gasteiger partial charge is 0.377 e. The zero-order valence-corrected chi connectivity index (χ0v) is 10.3. The summed E-state index contributed by atoms with van der Waals surface area (Å²) < 4.78 is 1.18. The quantitative estimate of drug-likeness (QED) is 0.897. The smallest absolute Gasteiger partial charge is 0.0404 e. The average Bonchev–Trinajstić information content (AvgIpc) is 2.15. The Bertz CT molecular complexity index is 297. The summed E-state index contributed by atoms with van der Waals surface area (Å²) in [4.78, 5) is 2.14. The highest BCUT2D eigenvalue weighted by Crippen LogP contribution is 2.27. The molecule has 0 aliphatic rings. The van der Waals surface area contributed by atoms with E-state index in [1.165, 1.54) is 15.7 Å². The average molecular weight is 257 g/mol. The third kappa shape index (κ3) is 2.72. The molecule has 0 aliphatic heterocycles. The van der Waals surface area contributed by atoms with E-state index in [9.17, 15) is 0 Å². The molecule has 0 spiro atoms. The van der Waals surface area contributed by atoms with Crippen molar-refractivity contribution < 1.29 is 0 Å². The van der Waals surface area contributed by atoms with Gasteiger partial charge < -0.3 is 10.6 Å². The Balaban J connectivity index is 2.96. The number of hydrogen-bond donors (Lipinski definition) is 1. The van der Waals surface area contributed by atoms with Crippen LogP contribution in [0.15, 0.2) is 22.7 Å². The van der Waals surface area contributed by atoms with Gasteiger partial charge in [-0.15, -0.1) is 0 Å². The van der Waals surface area contributed by atoms with Crippen LogP contribution in [0, 0.1) is 0 Å². The summed E-state index contributed by atoms with van der Waals surface area (Å²) in [6.45, 7) is 0.744. The van der Waals surface area contributed by atoms with Crippen LogP contribution in [0.25, 0.3) is 0 Å². The molecule has 0 aliphatic carbocycles. The van der Waals surface area contributed by atoms with Crippen LogP contribution in [-0.4, -0.2) is 20.6 Å². The monoisotopic (exact) mass is 256 g/mol. The summed E-state index contributed by atoms with van der Waals surface area (Å²) in [6.07, 6.45) is 2.06. The van der Waals surface area contributed by atoms with E-state index in [1.807, 2.05) is 0 Å². The van der Waals surface area contributed by atoms with Gasteiger partial charge >= 0.3 is 0 Å². The van der Waals surface area contributed by atoms with Gasteiger partial charge in [0.1, 0.15) is 0 Å². The van der Waals surface area contributed by atoms with Crippen molar-refractivity contribution in [2.45, 2.75) is 12.8 Å². The Morgan fingerprint density at radius 1 is 1.36 bits per heavy atom. The van der Waals surface area contributed by atoms with E-state index in [-0.39, 0.29) is 0 Å². The number of nitrogens with two attached hydrogens (primary N) is 1. The first-order chi connectivity index (χ1) is 6.66. The third-order valence-electron chi connectivity index (χ3n) is 2.21. The van der Waals surface area contributed by atoms with Crippen LogP contribution >= 0.6 is 15.9 Å². The van der Waals surface area contributed by atoms with Crippen molar-refractivity contribution in [2.24, 2.45) is 5.73 Å². The molecule has 0 heterocycles. The highest BCUT2D eigenvalue weighted by atomic mass is 79.9. The Hall–Kier alpha value is -0.540. The minimum Gasteiger partial charge on any atom is -0.377 e. The Morgan fingerprint density at radius 2 is 2.07 bits per heavy atom. The number of nitrogens with zero attached hydrogens (tertiary/aromatic N) is 1. The van der Waals surface area contributed by atoms with Gasteiger partial charge in [-0.25, -0.2) is 0 Å². The molecule has 14 heavy (non-hydrogen) atoms. The normalized spacial score (nSPS) is 10.3. The molecule has 2 nitrogen and oxygen atoms in total. The Kier molecular flexibility index (Phi) is 4.42. The molecular formula is C11H17BrN2. The third-order valence-corrected chi connectivity index (χ3v) is 2.95. The highest BCUT2D eigenvalue weighted by Gasteiger charge is 2.07. The highest BCUT2D eigenvalue weighted by molar-refractivity contribution is 9.10. The van der Waals surface area contributed by atoms with Gasteiger partial charge in [0.15, 0.2) is 0 Å². The molecule has 1 rings (SSSR count). The predicted molar refractivity (Wildman–Crippen MR) is 65.8 cm³/mol. The summed E-state index contributed by atoms with van der Waals surface area (Å²) in [5.41, 5.74) is 8.14. The maximum atomic E-state index is 5.52. The fourth-order valence-electron chi connectivity index (χ4n) is 1.49. The van der Waals surface area contributed by atoms with Crippen molar-refractivity contribution in [1.82, 2.24) is 0 Å². The molecule has 0 amide bonds. The molecule has 0 saturated heterocycles. The Morgan fingerprint density at radius 3 is 2.64 bits per heavy atom. The molecule has 0 aromatic heterocycles. The van der Waals surface area contributed by atoms with Crippen LogP contribution in [-0.2, 0) is 6.42 Å². The van der Waals surface area contributed by atoms with Gasteiger partial charge in [0.05, 0.1) is 0 Å². The molecule has 1 aromatic rings. The van der Waals surface area contributed by atoms with Crippen molar-refractivity contribution in [1.29, 1.82) is 0 Å². The molecule has 3 heteroatoms. The minimum absolute atomic E-state index is 0.744. The molecule has 0 saturated carbocycles. The fraction of sp³-hybridized carbons (Fsp3) is 0.455. The molecule has 0 atom stereocenters. The van der Waals surface area contributed by atoms with E-state index in [0.29, 0.717) is 0 Å². The summed E-state index contributed by atoms with van der Waals surface area (Å²) in [7, 11) is 4.13. The van der Waals surface area contributed by atoms with E-state index in [0.717, 1.165) is 19.4 Å². The summed E-state index contributed by atoms with van der Waals surface area (Å²) in [5.74, 6) is 0. The van der Waals surface area contributed by atoms with Gasteiger partial charge in [-0.2, -0.15) is 0 Å². The van der Waals surface area contributed by atoms with Crippen molar-refractivity contribution in [3.63, 3.8) is 0 Å². The van der Waals surface area contributed by atoms with E-state index < -0.39 is 0 Å². The fourth-order valence-corrected chi connectivity index (χ4v) is 2.05. The molecule has 78 valence electrons. The lowest BCUT2D eigenvalue weighted by atomic mass is 10.1. The maximum Gasteiger partial charge on any atom is 0.0404 e. The van der Waals surface area contributed by atoms with E-state index in [1.54, 1.807) is 0 Å². The standard InChI is InChI=1S/C11H17BrN2/c1-14(2)11-7-3-6-10(12)9(11)5-4-8-13/h3,6-7H,4-5,8,13H2,1-2H3. The zero-order valence-electron chi connectivity index (χ0n) is 8.76. The lowest BCUT2D eigenvalue weighted by molar-refractivity contribution is 0.826. The number of hydrogen-bond acceptors (Lipinski definition) is 2. The summed E-state index contributed by atoms with van der Waals surface area (Å²) in [6, 6.07) is 6.28. The van der Waals surface area contributed by atoms with Gasteiger partial charge in [-0.3, -0.25) is 0 Å². The number of halogens is 1. The molecule has 2 N–H and O–H groups in total. The number of rotatable bonds is 4. The lowest BCUT2D eigenvalue weighted by Gasteiger charge is -2.18. The molecule has 1 aromatic carbocycles. The van der Waals surface area contributed by atoms with Gasteiger partial charge in [0, 0.05) is 24.3 Å². The van der Waals surface area contributed by atoms with Gasteiger partial charge in [-0.05, 0) is 37.1 Å². The van der Waals surface area contributed by atoms with Crippen molar-refractivity contribution in [3.8, 4) is 0 Å². The molecular weight excluding hydrogens is 240 g/mol. The molecule has 0 bridgehead atoms. The minimum atomic E-state index is 0.744. The number of benzene rings is 1. The number of anilines is 1. The van der Waals surface area contributed by atoms with Gasteiger partial charge in [-0.1, -0.05) is 22.0 Å². The second-order valence-corrected chi connectivity index (χ2v) is 4.38. The van der Waals surface area contributed by atoms with E-state index >= 15 is 0 Å². The van der Waals surface area contributed by atoms with Crippen LogP contribution in [0.4, 0.5) is 5.69 Å². The molecule has 0 radical (unpaired) electrons. The van der Waals surface area contributed by atoms with Crippen LogP contribution in [0.3, 0.4) is 0 Å². The topological polar surface area (TPSA) is 29.3 Å². The second-order valence-electron chi connectivity index (χ2n) is 3.52. The van der Waals surface area contributed by atoms with Crippen LogP contribution in [0.5, 0.6) is 0 Å². The summed E-state index contributed by atoms with van der Waals surface area (Å²) in [5, 5.41) is 0. The van der Waals surface area contributed by atoms with E-state index in [4.69, 9.17) is 5.73 Å². The van der Waals surface area contributed by atoms with Crippen LogP contribution in [0.2, 0.25) is 0 Å². The molecule has 0 unspecified atom stereocenters. The first kappa shape index (κ1) is 11.5. The zero-order chi connectivity index (χ0) is 10.6. The first-order valence-corrected chi connectivity index (χ1v) is 5.61. The van der Waals surface area contributed by atoms with Gasteiger partial charge in [0.2, 0.25) is 0 Å². The van der Waals surface area contributed by atoms with Crippen LogP contribution < -0.4 is 10.6 Å². The van der Waals surface area contributed by atoms with Crippen molar-refractivity contribution >= 4 is 21.6 Å². The second kappa shape index (κ2) is 5.37. The Labute approximate surface area is 94.2 Å². The predicted octanol–water partition coefficient (Wildman–Crippen LogP) is 2.41. The van der Waals surface area contributed by atoms with Gasteiger partial charge in [0.25, 0.3) is 0 Å². The molecule has 0 fully saturated rings. The van der Waals surface area contributed by atoms with Crippen molar-refractivity contribution in [3.05, 3.63) is 28.2 Å².